The predicted octanol–water partition coefficient (Wildman–Crippen LogP) is -6.38. The summed E-state index contributed by atoms with van der Waals surface area (Å²) in [5, 5.41) is 231. The van der Waals surface area contributed by atoms with Crippen LogP contribution >= 0.6 is 47.0 Å². The van der Waals surface area contributed by atoms with Gasteiger partial charge in [-0.25, -0.2) is 13.4 Å². The van der Waals surface area contributed by atoms with E-state index in [4.69, 9.17) is 71.2 Å². The summed E-state index contributed by atoms with van der Waals surface area (Å²) in [7, 11) is -4.54. The van der Waals surface area contributed by atoms with Crippen LogP contribution in [0.2, 0.25) is 0 Å². The minimum absolute atomic E-state index is 0. The molecule has 145 heavy (non-hydrogen) atoms. The maximum absolute atomic E-state index is 12.1. The number of hydrogen-bond acceptors (Lipinski definition) is 47. The fourth-order valence-electron chi connectivity index (χ4n) is 15.7. The second kappa shape index (κ2) is 73.2. The number of nitrogens with two attached hydrogens (primary N) is 3. The number of carbonyl (C=O) groups excluding carboxylic acids is 6. The SMILES string of the molecule is CC(C)C(=O)CCCCCC1OC(CO)C(O)C(O)C1O.CCCC(=O)CCCCCC1OC(CO)C(O)C(O)C1O.C[C@@H](N)C(=O)CCCCSC1OC(CO)C(O)C(O)C1O.N[C@H](Cc1ccccc1)C(=O)CCCCSC1OC(CO)C(O)C(O)C1O.N[C@H](Cc1cnc[nH]1)C(=O)CCCCSC1OC(CO)C(O)C(O)C1O.O=C(CCCCSC1OC(CO)C(O)C(O)C1O)c1ccc(S(=O)(=O)[O-])cc1.[Na+]. The number of H-pyrrole nitrogens is 1. The number of unbranched alkanes of at least 4 members (excludes halogenated alkanes) is 8. The van der Waals surface area contributed by atoms with Gasteiger partial charge in [0.1, 0.15) is 207 Å². The number of thioether (sulfide) groups is 4. The smallest absolute Gasteiger partial charge is 0.744 e. The maximum atomic E-state index is 12.1. The first kappa shape index (κ1) is 136. The van der Waals surface area contributed by atoms with Gasteiger partial charge in [0.05, 0.1) is 81.2 Å². The molecule has 33 atom stereocenters. The first-order valence-corrected chi connectivity index (χ1v) is 54.7. The Hall–Kier alpha value is -3.34. The van der Waals surface area contributed by atoms with E-state index < -0.39 is 248 Å². The third-order valence-electron chi connectivity index (χ3n) is 24.9. The average Bonchev–Trinajstić information content (AvgIpc) is 1.30. The third kappa shape index (κ3) is 47.5. The molecule has 0 amide bonds. The van der Waals surface area contributed by atoms with Crippen molar-refractivity contribution in [2.75, 3.05) is 62.7 Å². The fourth-order valence-corrected chi connectivity index (χ4v) is 20.9. The van der Waals surface area contributed by atoms with E-state index in [9.17, 15) is 139 Å². The molecule has 6 fully saturated rings. The van der Waals surface area contributed by atoms with Crippen molar-refractivity contribution in [2.45, 2.75) is 398 Å². The Kier molecular flexibility index (Phi) is 68.5. The standard InChI is InChI=1S/C19H29NO6S.C17H24O9S2.C16H27N3O6S.2C15H28O6.C13H25NO6S.Na/c20-13(10-12-6-2-1-3-7-12)14(22)8-4-5-9-27-19-18(25)17(24)16(23)15(11-21)26-19;18-9-13-14(20)15(21)16(22)17(26-13)27-8-2-1-3-12(19)10-4-6-11(7-5-10)28(23,24)25;17-10(5-9-6-18-8-19-9)11(21)3-1-2-4-26-16-15(24)14(23)13(22)12(7-20)25-16;1-9(2)10(17)6-4-3-5-7-11-13(18)15(20)14(19)12(8-16)21-11;1-2-6-10(17)7-4-3-5-8-11-13(18)15(20)14(19)12(9-16)21-11;1-7(14)8(16)4-2-3-5-21-13-12(19)11(18)10(17)9(6-15)20-13;/h1-3,6-7,13,15-19,21,23-25H,4-5,8-11,20H2;4-7,13-18,20-22H,1-3,8-9H2,(H,23,24,25);6,8,10,12-16,20,22-24H,1-5,7,17H2,(H,18,19);9,11-16,18-20H,3-8H2,1-2H3;11-16,18-20H,2-9H2,1H3;7,9-13,15,17-19H,2-6,14H2,1H3;/q;;;;;;+1/p-1/t13-,15?,16?,17?,18?,19?;;10-,12?,13?,14?,15?,16?;;;7-,9?,10?,11?,12?,13?;/m1.1..1./s1. The Morgan fingerprint density at radius 1 is 0.372 bits per heavy atom. The molecule has 30 unspecified atom stereocenters. The van der Waals surface area contributed by atoms with Crippen LogP contribution in [0.3, 0.4) is 0 Å². The van der Waals surface area contributed by atoms with Gasteiger partial charge in [-0.05, 0) is 138 Å². The first-order valence-electron chi connectivity index (χ1n) is 49.1. The molecule has 0 radical (unpaired) electrons. The molecular weight excluding hydrogens is 2020 g/mol. The van der Waals surface area contributed by atoms with E-state index >= 15 is 0 Å². The Balaban J connectivity index is 0.000000448. The third-order valence-corrected chi connectivity index (χ3v) is 30.7. The molecule has 0 saturated carbocycles. The van der Waals surface area contributed by atoms with Crippen molar-refractivity contribution in [3.05, 3.63) is 83.9 Å². The minimum atomic E-state index is -4.54. The van der Waals surface area contributed by atoms with Gasteiger partial charge in [0.25, 0.3) is 0 Å². The Labute approximate surface area is 885 Å². The summed E-state index contributed by atoms with van der Waals surface area (Å²) >= 11 is 5.09. The molecule has 0 bridgehead atoms. The molecule has 0 aliphatic carbocycles. The summed E-state index contributed by atoms with van der Waals surface area (Å²) in [6, 6.07) is 13.0. The van der Waals surface area contributed by atoms with Crippen LogP contribution < -0.4 is 46.8 Å². The quantitative estimate of drug-likeness (QED) is 0.0108. The van der Waals surface area contributed by atoms with Crippen molar-refractivity contribution in [3.8, 4) is 0 Å². The molecule has 2 aromatic carbocycles. The number of rotatable bonds is 54. The number of carbonyl (C=O) groups is 6. The number of benzene rings is 2. The minimum Gasteiger partial charge on any atom is -0.744 e. The van der Waals surface area contributed by atoms with Gasteiger partial charge in [-0.2, -0.15) is 0 Å². The van der Waals surface area contributed by atoms with Crippen LogP contribution in [0, 0.1) is 5.92 Å². The first-order chi connectivity index (χ1) is 68.3. The van der Waals surface area contributed by atoms with Gasteiger partial charge >= 0.3 is 29.6 Å². The molecule has 3 aromatic rings. The molecular formula is C95H160N5NaO39S5. The predicted molar refractivity (Wildman–Crippen MR) is 530 cm³/mol. The van der Waals surface area contributed by atoms with Crippen LogP contribution in [-0.2, 0) is 75.4 Å². The van der Waals surface area contributed by atoms with Crippen LogP contribution in [0.4, 0.5) is 0 Å². The van der Waals surface area contributed by atoms with Crippen molar-refractivity contribution in [2.24, 2.45) is 23.1 Å². The Bertz CT molecular complexity index is 4060. The van der Waals surface area contributed by atoms with Crippen molar-refractivity contribution >= 4 is 91.9 Å². The zero-order chi connectivity index (χ0) is 108. The second-order valence-electron chi connectivity index (χ2n) is 36.7. The molecule has 6 aliphatic rings. The number of imidazole rings is 1. The van der Waals surface area contributed by atoms with Gasteiger partial charge < -0.3 is 178 Å². The van der Waals surface area contributed by atoms with Gasteiger partial charge in [-0.15, -0.1) is 47.0 Å². The number of aliphatic hydroxyl groups is 24. The van der Waals surface area contributed by atoms with E-state index in [1.165, 1.54) is 59.2 Å². The summed E-state index contributed by atoms with van der Waals surface area (Å²) in [5.74, 6) is 2.81. The zero-order valence-electron chi connectivity index (χ0n) is 83.0. The van der Waals surface area contributed by atoms with Gasteiger partial charge in [0, 0.05) is 74.7 Å². The summed E-state index contributed by atoms with van der Waals surface area (Å²) in [5.41, 5.74) is 16.5. The van der Waals surface area contributed by atoms with Crippen LogP contribution in [0.5, 0.6) is 0 Å². The number of aromatic nitrogens is 2. The molecule has 830 valence electrons. The van der Waals surface area contributed by atoms with Crippen molar-refractivity contribution in [1.29, 1.82) is 0 Å². The summed E-state index contributed by atoms with van der Waals surface area (Å²) < 4.78 is 65.0. The van der Waals surface area contributed by atoms with E-state index in [2.05, 4.69) is 9.97 Å². The normalized spacial score (nSPS) is 31.0. The largest absolute Gasteiger partial charge is 1.00 e. The number of hydrogen-bond donors (Lipinski definition) is 28. The number of ether oxygens (including phenoxy) is 6. The topological polar surface area (TPSA) is 807 Å². The number of nitrogens with zero attached hydrogens (tertiary/aromatic N) is 1. The molecule has 7 heterocycles. The number of Topliss-reactive ketones (excluding diaryl/α,β-unsaturated/α-hetero) is 6. The molecule has 1 aromatic heterocycles. The van der Waals surface area contributed by atoms with Gasteiger partial charge in [0.15, 0.2) is 5.78 Å². The van der Waals surface area contributed by atoms with Gasteiger partial charge in [-0.1, -0.05) is 88.9 Å². The number of ketones is 6. The Morgan fingerprint density at radius 3 is 1.01 bits per heavy atom. The van der Waals surface area contributed by atoms with E-state index in [0.717, 1.165) is 81.2 Å². The second-order valence-corrected chi connectivity index (χ2v) is 42.9. The Morgan fingerprint density at radius 2 is 0.683 bits per heavy atom. The molecule has 44 nitrogen and oxygen atoms in total. The fraction of sp³-hybridized carbons (Fsp3) is 0.779. The number of nitrogens with one attached hydrogen (secondary N) is 1. The molecule has 9 rings (SSSR count). The van der Waals surface area contributed by atoms with E-state index in [0.29, 0.717) is 131 Å². The van der Waals surface area contributed by atoms with Crippen LogP contribution in [0.1, 0.15) is 203 Å². The van der Waals surface area contributed by atoms with Crippen LogP contribution in [-0.4, -0.2) is 441 Å². The van der Waals surface area contributed by atoms with Crippen molar-refractivity contribution < 1.29 is 222 Å². The van der Waals surface area contributed by atoms with E-state index in [1.807, 2.05) is 51.1 Å². The maximum Gasteiger partial charge on any atom is 1.00 e. The van der Waals surface area contributed by atoms with Crippen molar-refractivity contribution in [3.63, 3.8) is 0 Å². The van der Waals surface area contributed by atoms with Crippen molar-refractivity contribution in [1.82, 2.24) is 9.97 Å². The number of aliphatic hydroxyl groups excluding tert-OH is 24. The van der Waals surface area contributed by atoms with Crippen LogP contribution in [0.15, 0.2) is 72.0 Å². The molecule has 0 spiro atoms. The molecule has 31 N–H and O–H groups in total. The monoisotopic (exact) mass is 2180 g/mol. The van der Waals surface area contributed by atoms with Gasteiger partial charge in [-0.3, -0.25) is 28.8 Å². The van der Waals surface area contributed by atoms with Crippen LogP contribution in [0.25, 0.3) is 0 Å². The van der Waals surface area contributed by atoms with Gasteiger partial charge in [0.2, 0.25) is 0 Å². The zero-order valence-corrected chi connectivity index (χ0v) is 89.1. The average molecular weight is 2180 g/mol. The molecule has 6 aliphatic heterocycles. The number of aromatic amines is 1. The molecule has 50 heteroatoms. The summed E-state index contributed by atoms with van der Waals surface area (Å²) in [4.78, 5) is 76.8. The summed E-state index contributed by atoms with van der Waals surface area (Å²) in [6.07, 6.45) is -10.4. The molecule has 6 saturated heterocycles. The van der Waals surface area contributed by atoms with E-state index in [1.54, 1.807) is 19.4 Å². The summed E-state index contributed by atoms with van der Waals surface area (Å²) in [6.45, 7) is 4.83. The van der Waals surface area contributed by atoms with E-state index in [-0.39, 0.29) is 81.5 Å².